The van der Waals surface area contributed by atoms with Crippen LogP contribution in [0.15, 0.2) is 18.2 Å². The predicted octanol–water partition coefficient (Wildman–Crippen LogP) is 3.17. The van der Waals surface area contributed by atoms with Gasteiger partial charge in [0.05, 0.1) is 6.04 Å². The summed E-state index contributed by atoms with van der Waals surface area (Å²) in [6, 6.07) is 6.05. The molecule has 1 aromatic rings. The first kappa shape index (κ1) is 15.8. The Balaban J connectivity index is 1.96. The van der Waals surface area contributed by atoms with Gasteiger partial charge in [0.25, 0.3) is 0 Å². The lowest BCUT2D eigenvalue weighted by molar-refractivity contribution is -0.121. The van der Waals surface area contributed by atoms with Crippen LogP contribution in [0.2, 0.25) is 0 Å². The molecule has 116 valence electrons. The fourth-order valence-electron chi connectivity index (χ4n) is 2.95. The SMILES string of the molecule is Cc1ccc(NC(=O)C(C)N(C)C2CCCCC2)cc1N. The summed E-state index contributed by atoms with van der Waals surface area (Å²) in [5.41, 5.74) is 8.40. The van der Waals surface area contributed by atoms with E-state index in [-0.39, 0.29) is 11.9 Å². The molecule has 0 bridgehead atoms. The number of rotatable bonds is 4. The van der Waals surface area contributed by atoms with Crippen molar-refractivity contribution in [1.82, 2.24) is 4.90 Å². The van der Waals surface area contributed by atoms with Crippen LogP contribution in [0.1, 0.15) is 44.6 Å². The van der Waals surface area contributed by atoms with Gasteiger partial charge >= 0.3 is 0 Å². The third-order valence-electron chi connectivity index (χ3n) is 4.69. The summed E-state index contributed by atoms with van der Waals surface area (Å²) in [5, 5.41) is 2.97. The van der Waals surface area contributed by atoms with Gasteiger partial charge in [0.1, 0.15) is 0 Å². The van der Waals surface area contributed by atoms with Crippen LogP contribution in [-0.2, 0) is 4.79 Å². The molecule has 0 radical (unpaired) electrons. The average molecular weight is 289 g/mol. The second-order valence-electron chi connectivity index (χ2n) is 6.19. The number of carbonyl (C=O) groups is 1. The molecule has 1 aromatic carbocycles. The Morgan fingerprint density at radius 1 is 1.33 bits per heavy atom. The predicted molar refractivity (Wildman–Crippen MR) is 88.3 cm³/mol. The molecule has 1 saturated carbocycles. The first-order chi connectivity index (χ1) is 9.99. The summed E-state index contributed by atoms with van der Waals surface area (Å²) in [4.78, 5) is 14.6. The maximum Gasteiger partial charge on any atom is 0.241 e. The van der Waals surface area contributed by atoms with E-state index in [0.29, 0.717) is 11.7 Å². The summed E-state index contributed by atoms with van der Waals surface area (Å²) in [5.74, 6) is 0.0336. The van der Waals surface area contributed by atoms with Crippen molar-refractivity contribution in [2.24, 2.45) is 0 Å². The maximum atomic E-state index is 12.4. The molecule has 0 aromatic heterocycles. The van der Waals surface area contributed by atoms with Crippen molar-refractivity contribution in [3.05, 3.63) is 23.8 Å². The number of hydrogen-bond donors (Lipinski definition) is 2. The molecule has 0 heterocycles. The lowest BCUT2D eigenvalue weighted by Crippen LogP contribution is -2.46. The monoisotopic (exact) mass is 289 g/mol. The van der Waals surface area contributed by atoms with Gasteiger partial charge in [-0.1, -0.05) is 25.3 Å². The van der Waals surface area contributed by atoms with Gasteiger partial charge in [0, 0.05) is 17.4 Å². The highest BCUT2D eigenvalue weighted by atomic mass is 16.2. The molecule has 4 heteroatoms. The number of nitrogens with zero attached hydrogens (tertiary/aromatic N) is 1. The number of aryl methyl sites for hydroxylation is 1. The minimum atomic E-state index is -0.129. The third kappa shape index (κ3) is 3.97. The van der Waals surface area contributed by atoms with E-state index in [2.05, 4.69) is 17.3 Å². The van der Waals surface area contributed by atoms with Crippen molar-refractivity contribution in [2.75, 3.05) is 18.1 Å². The van der Waals surface area contributed by atoms with Crippen LogP contribution in [0.4, 0.5) is 11.4 Å². The van der Waals surface area contributed by atoms with Crippen molar-refractivity contribution in [2.45, 2.75) is 58.0 Å². The van der Waals surface area contributed by atoms with E-state index >= 15 is 0 Å². The lowest BCUT2D eigenvalue weighted by atomic mass is 9.93. The van der Waals surface area contributed by atoms with Crippen LogP contribution in [0, 0.1) is 6.92 Å². The Hall–Kier alpha value is -1.55. The molecule has 4 nitrogen and oxygen atoms in total. The highest BCUT2D eigenvalue weighted by molar-refractivity contribution is 5.95. The zero-order chi connectivity index (χ0) is 15.4. The van der Waals surface area contributed by atoms with E-state index in [4.69, 9.17) is 5.73 Å². The summed E-state index contributed by atoms with van der Waals surface area (Å²) >= 11 is 0. The second kappa shape index (κ2) is 6.94. The summed E-state index contributed by atoms with van der Waals surface area (Å²) in [6.07, 6.45) is 6.28. The highest BCUT2D eigenvalue weighted by Gasteiger charge is 2.26. The van der Waals surface area contributed by atoms with Crippen LogP contribution in [0.25, 0.3) is 0 Å². The van der Waals surface area contributed by atoms with Crippen molar-refractivity contribution >= 4 is 17.3 Å². The Bertz CT molecular complexity index is 495. The number of carbonyl (C=O) groups excluding carboxylic acids is 1. The smallest absolute Gasteiger partial charge is 0.241 e. The summed E-state index contributed by atoms with van der Waals surface area (Å²) in [6.45, 7) is 3.93. The van der Waals surface area contributed by atoms with E-state index < -0.39 is 0 Å². The van der Waals surface area contributed by atoms with Crippen molar-refractivity contribution in [1.29, 1.82) is 0 Å². The molecule has 0 aliphatic heterocycles. The van der Waals surface area contributed by atoms with E-state index in [1.807, 2.05) is 32.0 Å². The minimum Gasteiger partial charge on any atom is -0.398 e. The highest BCUT2D eigenvalue weighted by Crippen LogP contribution is 2.23. The molecule has 3 N–H and O–H groups in total. The number of likely N-dealkylation sites (N-methyl/N-ethyl adjacent to an activating group) is 1. The van der Waals surface area contributed by atoms with E-state index in [9.17, 15) is 4.79 Å². The van der Waals surface area contributed by atoms with Gasteiger partial charge in [-0.25, -0.2) is 0 Å². The molecule has 1 unspecified atom stereocenters. The van der Waals surface area contributed by atoms with E-state index in [1.54, 1.807) is 0 Å². The number of nitrogen functional groups attached to an aromatic ring is 1. The van der Waals surface area contributed by atoms with Gasteiger partial charge in [-0.3, -0.25) is 9.69 Å². The largest absolute Gasteiger partial charge is 0.398 e. The van der Waals surface area contributed by atoms with Gasteiger partial charge in [0.15, 0.2) is 0 Å². The Labute approximate surface area is 127 Å². The lowest BCUT2D eigenvalue weighted by Gasteiger charge is -2.34. The topological polar surface area (TPSA) is 58.4 Å². The van der Waals surface area contributed by atoms with Crippen LogP contribution in [0.5, 0.6) is 0 Å². The fourth-order valence-corrected chi connectivity index (χ4v) is 2.95. The molecule has 21 heavy (non-hydrogen) atoms. The standard InChI is InChI=1S/C17H27N3O/c1-12-9-10-14(11-16(12)18)19-17(21)13(2)20(3)15-7-5-4-6-8-15/h9-11,13,15H,4-8,18H2,1-3H3,(H,19,21). The van der Waals surface area contributed by atoms with Gasteiger partial charge in [0.2, 0.25) is 5.91 Å². The number of benzene rings is 1. The van der Waals surface area contributed by atoms with Gasteiger partial charge in [-0.15, -0.1) is 0 Å². The van der Waals surface area contributed by atoms with Gasteiger partial charge in [-0.05, 0) is 51.4 Å². The molecule has 1 fully saturated rings. The Morgan fingerprint density at radius 2 is 2.00 bits per heavy atom. The number of hydrogen-bond acceptors (Lipinski definition) is 3. The quantitative estimate of drug-likeness (QED) is 0.837. The normalized spacial score (nSPS) is 17.7. The maximum absolute atomic E-state index is 12.4. The Kier molecular flexibility index (Phi) is 5.23. The number of nitrogens with two attached hydrogens (primary N) is 1. The summed E-state index contributed by atoms with van der Waals surface area (Å²) in [7, 11) is 2.06. The van der Waals surface area contributed by atoms with Crippen LogP contribution in [-0.4, -0.2) is 29.9 Å². The first-order valence-electron chi connectivity index (χ1n) is 7.88. The van der Waals surface area contributed by atoms with Crippen LogP contribution in [0.3, 0.4) is 0 Å². The van der Waals surface area contributed by atoms with Gasteiger partial charge in [-0.2, -0.15) is 0 Å². The van der Waals surface area contributed by atoms with Crippen LogP contribution < -0.4 is 11.1 Å². The number of amides is 1. The molecular weight excluding hydrogens is 262 g/mol. The minimum absolute atomic E-state index is 0.0336. The average Bonchev–Trinajstić information content (AvgIpc) is 2.50. The molecular formula is C17H27N3O. The molecule has 1 aliphatic rings. The van der Waals surface area contributed by atoms with Crippen molar-refractivity contribution in [3.8, 4) is 0 Å². The molecule has 0 saturated heterocycles. The number of nitrogens with one attached hydrogen (secondary N) is 1. The summed E-state index contributed by atoms with van der Waals surface area (Å²) < 4.78 is 0. The number of anilines is 2. The fraction of sp³-hybridized carbons (Fsp3) is 0.588. The van der Waals surface area contributed by atoms with Crippen molar-refractivity contribution < 1.29 is 4.79 Å². The zero-order valence-corrected chi connectivity index (χ0v) is 13.4. The van der Waals surface area contributed by atoms with Gasteiger partial charge < -0.3 is 11.1 Å². The molecule has 2 rings (SSSR count). The molecule has 1 atom stereocenters. The molecule has 0 spiro atoms. The molecule has 1 amide bonds. The van der Waals surface area contributed by atoms with Crippen molar-refractivity contribution in [3.63, 3.8) is 0 Å². The van der Waals surface area contributed by atoms with Crippen LogP contribution >= 0.6 is 0 Å². The first-order valence-corrected chi connectivity index (χ1v) is 7.88. The van der Waals surface area contributed by atoms with E-state index in [1.165, 1.54) is 32.1 Å². The van der Waals surface area contributed by atoms with E-state index in [0.717, 1.165) is 11.3 Å². The molecule has 1 aliphatic carbocycles. The Morgan fingerprint density at radius 3 is 2.62 bits per heavy atom. The zero-order valence-electron chi connectivity index (χ0n) is 13.4. The second-order valence-corrected chi connectivity index (χ2v) is 6.19. The third-order valence-corrected chi connectivity index (χ3v) is 4.69.